The fourth-order valence-electron chi connectivity index (χ4n) is 2.73. The Balaban J connectivity index is 1.82. The number of rotatable bonds is 2. The molecule has 18 heavy (non-hydrogen) atoms. The SMILES string of the molecule is CN(C)C1CCN(c2nccc3occc23)CC1. The van der Waals surface area contributed by atoms with E-state index in [9.17, 15) is 0 Å². The smallest absolute Gasteiger partial charge is 0.139 e. The molecule has 1 fully saturated rings. The first-order valence-electron chi connectivity index (χ1n) is 6.49. The highest BCUT2D eigenvalue weighted by Crippen LogP contribution is 2.27. The fraction of sp³-hybridized carbons (Fsp3) is 0.500. The summed E-state index contributed by atoms with van der Waals surface area (Å²) in [6.07, 6.45) is 5.97. The lowest BCUT2D eigenvalue weighted by Gasteiger charge is -2.36. The molecule has 3 rings (SSSR count). The molecule has 0 atom stereocenters. The maximum atomic E-state index is 5.43. The zero-order valence-corrected chi connectivity index (χ0v) is 11.0. The largest absolute Gasteiger partial charge is 0.464 e. The highest BCUT2D eigenvalue weighted by atomic mass is 16.3. The highest BCUT2D eigenvalue weighted by molar-refractivity contribution is 5.88. The van der Waals surface area contributed by atoms with E-state index >= 15 is 0 Å². The molecule has 2 aromatic rings. The number of pyridine rings is 1. The van der Waals surface area contributed by atoms with Crippen molar-refractivity contribution in [2.75, 3.05) is 32.1 Å². The lowest BCUT2D eigenvalue weighted by atomic mass is 10.0. The highest BCUT2D eigenvalue weighted by Gasteiger charge is 2.22. The monoisotopic (exact) mass is 245 g/mol. The Morgan fingerprint density at radius 3 is 2.78 bits per heavy atom. The number of piperidine rings is 1. The zero-order valence-electron chi connectivity index (χ0n) is 11.0. The summed E-state index contributed by atoms with van der Waals surface area (Å²) in [5, 5.41) is 1.13. The third-order valence-corrected chi connectivity index (χ3v) is 3.85. The number of furan rings is 1. The lowest BCUT2D eigenvalue weighted by Crippen LogP contribution is -2.42. The van der Waals surface area contributed by atoms with Crippen molar-refractivity contribution in [3.8, 4) is 0 Å². The standard InChI is InChI=1S/C14H19N3O/c1-16(2)11-4-8-17(9-5-11)14-12-6-10-18-13(12)3-7-15-14/h3,6-7,10-11H,4-5,8-9H2,1-2H3. The zero-order chi connectivity index (χ0) is 12.5. The van der Waals surface area contributed by atoms with E-state index in [4.69, 9.17) is 4.42 Å². The van der Waals surface area contributed by atoms with Gasteiger partial charge in [-0.05, 0) is 39.1 Å². The molecule has 0 aromatic carbocycles. The Labute approximate surface area is 107 Å². The van der Waals surface area contributed by atoms with Gasteiger partial charge in [0.1, 0.15) is 11.4 Å². The van der Waals surface area contributed by atoms with Crippen molar-refractivity contribution in [3.05, 3.63) is 24.6 Å². The molecule has 4 nitrogen and oxygen atoms in total. The Kier molecular flexibility index (Phi) is 2.96. The van der Waals surface area contributed by atoms with Crippen molar-refractivity contribution >= 4 is 16.8 Å². The van der Waals surface area contributed by atoms with E-state index in [0.29, 0.717) is 6.04 Å². The van der Waals surface area contributed by atoms with E-state index < -0.39 is 0 Å². The van der Waals surface area contributed by atoms with Crippen LogP contribution >= 0.6 is 0 Å². The Hall–Kier alpha value is -1.55. The maximum Gasteiger partial charge on any atom is 0.139 e. The molecule has 1 aliphatic heterocycles. The summed E-state index contributed by atoms with van der Waals surface area (Å²) in [6.45, 7) is 2.14. The van der Waals surface area contributed by atoms with Crippen molar-refractivity contribution in [1.82, 2.24) is 9.88 Å². The van der Waals surface area contributed by atoms with Gasteiger partial charge in [-0.3, -0.25) is 0 Å². The third-order valence-electron chi connectivity index (χ3n) is 3.85. The summed E-state index contributed by atoms with van der Waals surface area (Å²) < 4.78 is 5.43. The minimum absolute atomic E-state index is 0.699. The molecule has 0 aliphatic carbocycles. The first-order chi connectivity index (χ1) is 8.75. The maximum absolute atomic E-state index is 5.43. The van der Waals surface area contributed by atoms with Crippen LogP contribution in [0.2, 0.25) is 0 Å². The van der Waals surface area contributed by atoms with Crippen LogP contribution < -0.4 is 4.90 Å². The summed E-state index contributed by atoms with van der Waals surface area (Å²) in [4.78, 5) is 9.22. The summed E-state index contributed by atoms with van der Waals surface area (Å²) in [6, 6.07) is 4.63. The predicted molar refractivity (Wildman–Crippen MR) is 72.9 cm³/mol. The molecule has 0 spiro atoms. The molecule has 0 unspecified atom stereocenters. The Morgan fingerprint density at radius 1 is 1.28 bits per heavy atom. The molecule has 1 aliphatic rings. The average Bonchev–Trinajstić information content (AvgIpc) is 2.87. The topological polar surface area (TPSA) is 32.5 Å². The van der Waals surface area contributed by atoms with Crippen LogP contribution in [0.5, 0.6) is 0 Å². The van der Waals surface area contributed by atoms with E-state index in [-0.39, 0.29) is 0 Å². The van der Waals surface area contributed by atoms with Crippen molar-refractivity contribution in [2.24, 2.45) is 0 Å². The van der Waals surface area contributed by atoms with Gasteiger partial charge in [0.15, 0.2) is 0 Å². The van der Waals surface area contributed by atoms with E-state index in [1.54, 1.807) is 6.26 Å². The molecule has 3 heterocycles. The molecule has 2 aromatic heterocycles. The molecule has 0 radical (unpaired) electrons. The average molecular weight is 245 g/mol. The second-order valence-electron chi connectivity index (χ2n) is 5.15. The summed E-state index contributed by atoms with van der Waals surface area (Å²) in [7, 11) is 4.32. The van der Waals surface area contributed by atoms with Gasteiger partial charge in [0.2, 0.25) is 0 Å². The molecule has 96 valence electrons. The van der Waals surface area contributed by atoms with Crippen LogP contribution in [0.4, 0.5) is 5.82 Å². The number of fused-ring (bicyclic) bond motifs is 1. The van der Waals surface area contributed by atoms with Crippen LogP contribution in [0, 0.1) is 0 Å². The summed E-state index contributed by atoms with van der Waals surface area (Å²) in [5.41, 5.74) is 0.926. The fourth-order valence-corrected chi connectivity index (χ4v) is 2.73. The first kappa shape index (κ1) is 11.5. The van der Waals surface area contributed by atoms with E-state index in [1.165, 1.54) is 12.8 Å². The molecule has 0 amide bonds. The van der Waals surface area contributed by atoms with E-state index in [0.717, 1.165) is 29.9 Å². The van der Waals surface area contributed by atoms with Crippen LogP contribution in [0.15, 0.2) is 29.0 Å². The van der Waals surface area contributed by atoms with Gasteiger partial charge in [0.05, 0.1) is 11.6 Å². The normalized spacial score (nSPS) is 17.8. The van der Waals surface area contributed by atoms with Crippen molar-refractivity contribution in [3.63, 3.8) is 0 Å². The van der Waals surface area contributed by atoms with Crippen molar-refractivity contribution in [1.29, 1.82) is 0 Å². The molecule has 0 bridgehead atoms. The van der Waals surface area contributed by atoms with Crippen LogP contribution in [-0.2, 0) is 0 Å². The van der Waals surface area contributed by atoms with Crippen LogP contribution in [-0.4, -0.2) is 43.1 Å². The van der Waals surface area contributed by atoms with Crippen LogP contribution in [0.1, 0.15) is 12.8 Å². The second kappa shape index (κ2) is 4.61. The minimum Gasteiger partial charge on any atom is -0.464 e. The van der Waals surface area contributed by atoms with Gasteiger partial charge < -0.3 is 14.2 Å². The first-order valence-corrected chi connectivity index (χ1v) is 6.49. The molecule has 1 saturated heterocycles. The van der Waals surface area contributed by atoms with Gasteiger partial charge in [-0.2, -0.15) is 0 Å². The van der Waals surface area contributed by atoms with Crippen LogP contribution in [0.3, 0.4) is 0 Å². The number of hydrogen-bond donors (Lipinski definition) is 0. The van der Waals surface area contributed by atoms with Crippen molar-refractivity contribution in [2.45, 2.75) is 18.9 Å². The van der Waals surface area contributed by atoms with Gasteiger partial charge in [0.25, 0.3) is 0 Å². The number of nitrogens with zero attached hydrogens (tertiary/aromatic N) is 3. The number of hydrogen-bond acceptors (Lipinski definition) is 4. The summed E-state index contributed by atoms with van der Waals surface area (Å²) in [5.74, 6) is 1.07. The molecule has 4 heteroatoms. The van der Waals surface area contributed by atoms with Gasteiger partial charge in [-0.15, -0.1) is 0 Å². The second-order valence-corrected chi connectivity index (χ2v) is 5.15. The van der Waals surface area contributed by atoms with Crippen LogP contribution in [0.25, 0.3) is 11.0 Å². The minimum atomic E-state index is 0.699. The van der Waals surface area contributed by atoms with Gasteiger partial charge in [0, 0.05) is 25.3 Å². The quantitative estimate of drug-likeness (QED) is 0.813. The Bertz CT molecular complexity index is 527. The van der Waals surface area contributed by atoms with Crippen molar-refractivity contribution < 1.29 is 4.42 Å². The Morgan fingerprint density at radius 2 is 2.06 bits per heavy atom. The predicted octanol–water partition coefficient (Wildman–Crippen LogP) is 2.36. The molecular formula is C14H19N3O. The lowest BCUT2D eigenvalue weighted by molar-refractivity contribution is 0.249. The third kappa shape index (κ3) is 1.97. The van der Waals surface area contributed by atoms with E-state index in [1.807, 2.05) is 18.3 Å². The van der Waals surface area contributed by atoms with Gasteiger partial charge >= 0.3 is 0 Å². The van der Waals surface area contributed by atoms with E-state index in [2.05, 4.69) is 28.9 Å². The molecule has 0 saturated carbocycles. The number of anilines is 1. The molecule has 0 N–H and O–H groups in total. The summed E-state index contributed by atoms with van der Waals surface area (Å²) >= 11 is 0. The molecular weight excluding hydrogens is 226 g/mol. The number of aromatic nitrogens is 1. The van der Waals surface area contributed by atoms with Gasteiger partial charge in [-0.25, -0.2) is 4.98 Å². The van der Waals surface area contributed by atoms with Gasteiger partial charge in [-0.1, -0.05) is 0 Å².